The minimum absolute atomic E-state index is 0.168. The van der Waals surface area contributed by atoms with Crippen LogP contribution in [-0.4, -0.2) is 64.5 Å². The Morgan fingerprint density at radius 1 is 0.889 bits per heavy atom. The number of H-pyrrole nitrogens is 2. The molecule has 2 N–H and O–H groups in total. The van der Waals surface area contributed by atoms with Gasteiger partial charge in [0.15, 0.2) is 0 Å². The number of hydrogen-bond acceptors (Lipinski definition) is 4. The van der Waals surface area contributed by atoms with E-state index in [9.17, 15) is 8.42 Å². The number of pyridine rings is 1. The SMILES string of the molecule is CCS(=O)(=O)N1CCN(Cc2ccc(-c3cnc4[nH]cc(-c5ccc6[nH]ccc6c5)c4c3)cc2)CC1. The van der Waals surface area contributed by atoms with Crippen LogP contribution in [0.1, 0.15) is 12.5 Å². The van der Waals surface area contributed by atoms with Crippen molar-refractivity contribution in [1.82, 2.24) is 24.2 Å². The second-order valence-corrected chi connectivity index (χ2v) is 11.6. The molecule has 0 radical (unpaired) electrons. The molecule has 0 saturated carbocycles. The van der Waals surface area contributed by atoms with Gasteiger partial charge in [-0.05, 0) is 53.3 Å². The van der Waals surface area contributed by atoms with Crippen molar-refractivity contribution in [2.45, 2.75) is 13.5 Å². The van der Waals surface area contributed by atoms with E-state index < -0.39 is 10.0 Å². The highest BCUT2D eigenvalue weighted by Gasteiger charge is 2.25. The zero-order chi connectivity index (χ0) is 24.7. The van der Waals surface area contributed by atoms with Crippen molar-refractivity contribution < 1.29 is 8.42 Å². The van der Waals surface area contributed by atoms with Crippen molar-refractivity contribution in [2.75, 3.05) is 31.9 Å². The van der Waals surface area contributed by atoms with Crippen LogP contribution in [0.3, 0.4) is 0 Å². The normalized spacial score (nSPS) is 15.7. The van der Waals surface area contributed by atoms with Crippen molar-refractivity contribution in [3.8, 4) is 22.3 Å². The summed E-state index contributed by atoms with van der Waals surface area (Å²) in [5.74, 6) is 0.168. The fourth-order valence-electron chi connectivity index (χ4n) is 5.03. The van der Waals surface area contributed by atoms with Gasteiger partial charge in [-0.1, -0.05) is 30.3 Å². The highest BCUT2D eigenvalue weighted by molar-refractivity contribution is 7.89. The molecule has 36 heavy (non-hydrogen) atoms. The highest BCUT2D eigenvalue weighted by Crippen LogP contribution is 2.32. The molecule has 5 aromatic rings. The maximum absolute atomic E-state index is 12.1. The fourth-order valence-corrected chi connectivity index (χ4v) is 6.11. The second-order valence-electron chi connectivity index (χ2n) is 9.37. The van der Waals surface area contributed by atoms with E-state index in [1.165, 1.54) is 10.9 Å². The van der Waals surface area contributed by atoms with Crippen molar-refractivity contribution >= 4 is 32.0 Å². The fraction of sp³-hybridized carbons (Fsp3) is 0.250. The van der Waals surface area contributed by atoms with E-state index in [-0.39, 0.29) is 5.75 Å². The molecule has 1 saturated heterocycles. The van der Waals surface area contributed by atoms with Crippen LogP contribution in [0.15, 0.2) is 73.2 Å². The van der Waals surface area contributed by atoms with Gasteiger partial charge in [0, 0.05) is 73.3 Å². The van der Waals surface area contributed by atoms with E-state index in [2.05, 4.69) is 74.4 Å². The Morgan fingerprint density at radius 3 is 2.44 bits per heavy atom. The Kier molecular flexibility index (Phi) is 5.87. The van der Waals surface area contributed by atoms with Crippen LogP contribution in [0.2, 0.25) is 0 Å². The van der Waals surface area contributed by atoms with Crippen LogP contribution >= 0.6 is 0 Å². The molecule has 6 rings (SSSR count). The average Bonchev–Trinajstić information content (AvgIpc) is 3.55. The first-order valence-electron chi connectivity index (χ1n) is 12.3. The highest BCUT2D eigenvalue weighted by atomic mass is 32.2. The number of sulfonamides is 1. The molecule has 0 spiro atoms. The largest absolute Gasteiger partial charge is 0.361 e. The van der Waals surface area contributed by atoms with Gasteiger partial charge in [-0.3, -0.25) is 4.90 Å². The lowest BCUT2D eigenvalue weighted by atomic mass is 10.0. The number of benzene rings is 2. The molecule has 184 valence electrons. The maximum Gasteiger partial charge on any atom is 0.213 e. The summed E-state index contributed by atoms with van der Waals surface area (Å²) in [6.07, 6.45) is 5.91. The number of piperazine rings is 1. The molecule has 4 heterocycles. The van der Waals surface area contributed by atoms with E-state index in [1.807, 2.05) is 18.6 Å². The number of aromatic amines is 2. The molecule has 1 aliphatic heterocycles. The van der Waals surface area contributed by atoms with Gasteiger partial charge in [-0.25, -0.2) is 13.4 Å². The van der Waals surface area contributed by atoms with E-state index in [4.69, 9.17) is 0 Å². The summed E-state index contributed by atoms with van der Waals surface area (Å²) in [5.41, 5.74) is 7.74. The van der Waals surface area contributed by atoms with Gasteiger partial charge >= 0.3 is 0 Å². The van der Waals surface area contributed by atoms with Crippen molar-refractivity contribution in [1.29, 1.82) is 0 Å². The van der Waals surface area contributed by atoms with Crippen molar-refractivity contribution in [3.05, 3.63) is 78.8 Å². The molecule has 7 nitrogen and oxygen atoms in total. The number of nitrogens with one attached hydrogen (secondary N) is 2. The lowest BCUT2D eigenvalue weighted by Crippen LogP contribution is -2.48. The minimum Gasteiger partial charge on any atom is -0.361 e. The van der Waals surface area contributed by atoms with E-state index in [0.29, 0.717) is 13.1 Å². The molecule has 0 atom stereocenters. The van der Waals surface area contributed by atoms with Gasteiger partial charge in [-0.15, -0.1) is 0 Å². The first-order valence-corrected chi connectivity index (χ1v) is 14.0. The van der Waals surface area contributed by atoms with Crippen LogP contribution in [0, 0.1) is 0 Å². The third-order valence-corrected chi connectivity index (χ3v) is 9.06. The summed E-state index contributed by atoms with van der Waals surface area (Å²) in [6, 6.07) is 19.4. The van der Waals surface area contributed by atoms with Crippen LogP contribution in [0.25, 0.3) is 44.2 Å². The molecular formula is C28H29N5O2S. The van der Waals surface area contributed by atoms with Gasteiger partial charge in [0.25, 0.3) is 0 Å². The van der Waals surface area contributed by atoms with E-state index in [1.54, 1.807) is 11.2 Å². The van der Waals surface area contributed by atoms with Gasteiger partial charge in [0.2, 0.25) is 10.0 Å². The minimum atomic E-state index is -3.10. The Bertz CT molecular complexity index is 1630. The first kappa shape index (κ1) is 23.0. The Balaban J connectivity index is 1.19. The lowest BCUT2D eigenvalue weighted by Gasteiger charge is -2.33. The summed E-state index contributed by atoms with van der Waals surface area (Å²) in [7, 11) is -3.10. The van der Waals surface area contributed by atoms with Crippen LogP contribution in [-0.2, 0) is 16.6 Å². The average molecular weight is 500 g/mol. The molecule has 1 aliphatic rings. The third kappa shape index (κ3) is 4.32. The monoisotopic (exact) mass is 499 g/mol. The molecule has 0 aliphatic carbocycles. The Labute approximate surface area is 210 Å². The second kappa shape index (κ2) is 9.20. The first-order chi connectivity index (χ1) is 17.5. The lowest BCUT2D eigenvalue weighted by molar-refractivity contribution is 0.182. The summed E-state index contributed by atoms with van der Waals surface area (Å²) < 4.78 is 25.8. The number of aromatic nitrogens is 3. The van der Waals surface area contributed by atoms with Gasteiger partial charge < -0.3 is 9.97 Å². The van der Waals surface area contributed by atoms with E-state index >= 15 is 0 Å². The molecule has 0 unspecified atom stereocenters. The van der Waals surface area contributed by atoms with Crippen LogP contribution in [0.5, 0.6) is 0 Å². The van der Waals surface area contributed by atoms with Crippen LogP contribution < -0.4 is 0 Å². The van der Waals surface area contributed by atoms with Crippen molar-refractivity contribution in [3.63, 3.8) is 0 Å². The molecule has 0 amide bonds. The molecule has 1 fully saturated rings. The molecule has 8 heteroatoms. The summed E-state index contributed by atoms with van der Waals surface area (Å²) >= 11 is 0. The molecule has 0 bridgehead atoms. The third-order valence-electron chi connectivity index (χ3n) is 7.18. The van der Waals surface area contributed by atoms with Gasteiger partial charge in [0.05, 0.1) is 5.75 Å². The number of hydrogen-bond donors (Lipinski definition) is 2. The maximum atomic E-state index is 12.1. The topological polar surface area (TPSA) is 85.1 Å². The smallest absolute Gasteiger partial charge is 0.213 e. The molecular weight excluding hydrogens is 470 g/mol. The standard InChI is InChI=1S/C28H29N5O2S/c1-2-36(34,35)33-13-11-32(12-14-33)19-20-3-5-21(6-4-20)24-16-25-26(18-31-28(25)30-17-24)22-7-8-27-23(15-22)9-10-29-27/h3-10,15-18,29H,2,11-14,19H2,1H3,(H,30,31). The Hall–Kier alpha value is -3.46. The Morgan fingerprint density at radius 2 is 1.67 bits per heavy atom. The summed E-state index contributed by atoms with van der Waals surface area (Å²) in [6.45, 7) is 5.17. The van der Waals surface area contributed by atoms with E-state index in [0.717, 1.165) is 58.4 Å². The predicted molar refractivity (Wildman–Crippen MR) is 145 cm³/mol. The molecule has 3 aromatic heterocycles. The summed E-state index contributed by atoms with van der Waals surface area (Å²) in [5, 5.41) is 2.29. The van der Waals surface area contributed by atoms with Gasteiger partial charge in [-0.2, -0.15) is 4.31 Å². The van der Waals surface area contributed by atoms with Gasteiger partial charge in [0.1, 0.15) is 5.65 Å². The quantitative estimate of drug-likeness (QED) is 0.350. The number of fused-ring (bicyclic) bond motifs is 2. The zero-order valence-corrected chi connectivity index (χ0v) is 21.1. The van der Waals surface area contributed by atoms with Crippen LogP contribution in [0.4, 0.5) is 0 Å². The zero-order valence-electron chi connectivity index (χ0n) is 20.2. The molecule has 2 aromatic carbocycles. The predicted octanol–water partition coefficient (Wildman–Crippen LogP) is 4.85. The number of nitrogens with zero attached hydrogens (tertiary/aromatic N) is 3. The number of rotatable bonds is 6. The summed E-state index contributed by atoms with van der Waals surface area (Å²) in [4.78, 5) is 13.6. The van der Waals surface area contributed by atoms with Crippen molar-refractivity contribution in [2.24, 2.45) is 0 Å².